The lowest BCUT2D eigenvalue weighted by Crippen LogP contribution is -2.37. The van der Waals surface area contributed by atoms with Gasteiger partial charge in [0.1, 0.15) is 0 Å². The molecule has 26 heavy (non-hydrogen) atoms. The van der Waals surface area contributed by atoms with Crippen LogP contribution in [0.3, 0.4) is 0 Å². The summed E-state index contributed by atoms with van der Waals surface area (Å²) in [6, 6.07) is 6.45. The van der Waals surface area contributed by atoms with Gasteiger partial charge in [0, 0.05) is 50.8 Å². The summed E-state index contributed by atoms with van der Waals surface area (Å²) in [5.41, 5.74) is 1.94. The Balaban J connectivity index is 1.36. The van der Waals surface area contributed by atoms with E-state index in [1.165, 1.54) is 31.4 Å². The average molecular weight is 353 g/mol. The number of aromatic nitrogens is 3. The van der Waals surface area contributed by atoms with Crippen LogP contribution in [0.1, 0.15) is 48.2 Å². The van der Waals surface area contributed by atoms with E-state index in [2.05, 4.69) is 31.0 Å². The average Bonchev–Trinajstić information content (AvgIpc) is 3.32. The Labute approximate surface area is 154 Å². The minimum Gasteiger partial charge on any atom is -0.352 e. The van der Waals surface area contributed by atoms with E-state index in [0.717, 1.165) is 26.1 Å². The summed E-state index contributed by atoms with van der Waals surface area (Å²) >= 11 is 0. The summed E-state index contributed by atoms with van der Waals surface area (Å²) in [7, 11) is 0. The molecule has 2 aromatic rings. The van der Waals surface area contributed by atoms with Gasteiger partial charge in [-0.15, -0.1) is 0 Å². The number of hydrogen-bond acceptors (Lipinski definition) is 4. The zero-order chi connectivity index (χ0) is 17.8. The van der Waals surface area contributed by atoms with Gasteiger partial charge in [-0.1, -0.05) is 12.8 Å². The molecular weight excluding hydrogens is 326 g/mol. The van der Waals surface area contributed by atoms with Crippen LogP contribution in [0, 0.1) is 5.92 Å². The number of hydrogen-bond donors (Lipinski definition) is 1. The molecule has 6 heteroatoms. The van der Waals surface area contributed by atoms with Crippen LogP contribution >= 0.6 is 0 Å². The molecule has 1 N–H and O–H groups in total. The fourth-order valence-corrected chi connectivity index (χ4v) is 4.28. The second kappa shape index (κ2) is 7.99. The Hall–Kier alpha value is -2.21. The summed E-state index contributed by atoms with van der Waals surface area (Å²) in [4.78, 5) is 18.9. The number of carbonyl (C=O) groups is 1. The monoisotopic (exact) mass is 353 g/mol. The highest BCUT2D eigenvalue weighted by Crippen LogP contribution is 2.28. The van der Waals surface area contributed by atoms with Crippen LogP contribution in [0.25, 0.3) is 0 Å². The van der Waals surface area contributed by atoms with Crippen molar-refractivity contribution >= 4 is 5.91 Å². The predicted octanol–water partition coefficient (Wildman–Crippen LogP) is 2.47. The zero-order valence-corrected chi connectivity index (χ0v) is 15.2. The maximum atomic E-state index is 12.2. The van der Waals surface area contributed by atoms with E-state index in [0.29, 0.717) is 24.1 Å². The molecule has 0 unspecified atom stereocenters. The number of pyridine rings is 1. The number of nitrogens with zero attached hydrogens (tertiary/aromatic N) is 4. The van der Waals surface area contributed by atoms with Crippen molar-refractivity contribution in [2.45, 2.75) is 51.2 Å². The van der Waals surface area contributed by atoms with Gasteiger partial charge >= 0.3 is 0 Å². The molecule has 1 fully saturated rings. The maximum Gasteiger partial charge on any atom is 0.252 e. The van der Waals surface area contributed by atoms with Crippen LogP contribution in [0.5, 0.6) is 0 Å². The standard InChI is InChI=1S/C20H27N5O/c26-20(17-4-3-9-21-12-17)22-10-7-16-13-24(18-5-1-2-6-18)15-19-8-11-23-25(19)14-16/h3-4,8-9,11-12,16,18H,1-2,5-7,10,13-15H2,(H,22,26)/t16-/m1/s1. The Kier molecular flexibility index (Phi) is 5.29. The molecule has 6 nitrogen and oxygen atoms in total. The summed E-state index contributed by atoms with van der Waals surface area (Å²) in [6.45, 7) is 3.72. The Morgan fingerprint density at radius 3 is 2.88 bits per heavy atom. The molecule has 4 rings (SSSR count). The van der Waals surface area contributed by atoms with Crippen molar-refractivity contribution < 1.29 is 4.79 Å². The van der Waals surface area contributed by atoms with Gasteiger partial charge in [0.05, 0.1) is 11.3 Å². The Bertz CT molecular complexity index is 723. The van der Waals surface area contributed by atoms with Crippen LogP contribution in [-0.4, -0.2) is 44.7 Å². The Morgan fingerprint density at radius 1 is 1.19 bits per heavy atom. The first-order chi connectivity index (χ1) is 12.8. The van der Waals surface area contributed by atoms with Crippen molar-refractivity contribution in [3.63, 3.8) is 0 Å². The van der Waals surface area contributed by atoms with Gasteiger partial charge < -0.3 is 5.32 Å². The molecule has 0 spiro atoms. The van der Waals surface area contributed by atoms with E-state index >= 15 is 0 Å². The van der Waals surface area contributed by atoms with E-state index in [1.54, 1.807) is 24.5 Å². The van der Waals surface area contributed by atoms with E-state index in [-0.39, 0.29) is 5.91 Å². The first-order valence-electron chi connectivity index (χ1n) is 9.72. The maximum absolute atomic E-state index is 12.2. The summed E-state index contributed by atoms with van der Waals surface area (Å²) in [6.07, 6.45) is 11.5. The van der Waals surface area contributed by atoms with E-state index < -0.39 is 0 Å². The van der Waals surface area contributed by atoms with Crippen molar-refractivity contribution in [3.8, 4) is 0 Å². The topological polar surface area (TPSA) is 63.1 Å². The number of amides is 1. The summed E-state index contributed by atoms with van der Waals surface area (Å²) in [5.74, 6) is 0.463. The highest BCUT2D eigenvalue weighted by atomic mass is 16.1. The highest BCUT2D eigenvalue weighted by molar-refractivity contribution is 5.93. The number of nitrogens with one attached hydrogen (secondary N) is 1. The van der Waals surface area contributed by atoms with Gasteiger partial charge in [-0.25, -0.2) is 0 Å². The van der Waals surface area contributed by atoms with Crippen molar-refractivity contribution in [2.75, 3.05) is 13.1 Å². The summed E-state index contributed by atoms with van der Waals surface area (Å²) in [5, 5.41) is 7.55. The van der Waals surface area contributed by atoms with Crippen LogP contribution in [0.4, 0.5) is 0 Å². The number of fused-ring (bicyclic) bond motifs is 1. The van der Waals surface area contributed by atoms with Crippen molar-refractivity contribution in [2.24, 2.45) is 5.92 Å². The molecule has 0 saturated heterocycles. The third-order valence-corrected chi connectivity index (χ3v) is 5.70. The van der Waals surface area contributed by atoms with Crippen molar-refractivity contribution in [3.05, 3.63) is 48.0 Å². The minimum atomic E-state index is -0.0425. The van der Waals surface area contributed by atoms with Crippen molar-refractivity contribution in [1.29, 1.82) is 0 Å². The summed E-state index contributed by atoms with van der Waals surface area (Å²) < 4.78 is 2.16. The SMILES string of the molecule is O=C(NCC[C@@H]1CN(C2CCCC2)Cc2ccnn2C1)c1cccnc1. The Morgan fingerprint density at radius 2 is 2.08 bits per heavy atom. The first kappa shape index (κ1) is 17.2. The number of carbonyl (C=O) groups excluding carboxylic acids is 1. The lowest BCUT2D eigenvalue weighted by molar-refractivity contribution is 0.0947. The molecule has 1 aliphatic carbocycles. The molecule has 138 valence electrons. The van der Waals surface area contributed by atoms with Gasteiger partial charge in [-0.05, 0) is 43.4 Å². The van der Waals surface area contributed by atoms with Gasteiger partial charge in [0.25, 0.3) is 5.91 Å². The molecule has 1 aliphatic heterocycles. The van der Waals surface area contributed by atoms with Gasteiger partial charge in [-0.3, -0.25) is 19.4 Å². The lowest BCUT2D eigenvalue weighted by atomic mass is 10.0. The largest absolute Gasteiger partial charge is 0.352 e. The van der Waals surface area contributed by atoms with Gasteiger partial charge in [-0.2, -0.15) is 5.10 Å². The second-order valence-electron chi connectivity index (χ2n) is 7.52. The van der Waals surface area contributed by atoms with E-state index in [4.69, 9.17) is 0 Å². The molecule has 0 aromatic carbocycles. The third kappa shape index (κ3) is 3.96. The lowest BCUT2D eigenvalue weighted by Gasteiger charge is -2.29. The second-order valence-corrected chi connectivity index (χ2v) is 7.52. The fourth-order valence-electron chi connectivity index (χ4n) is 4.28. The van der Waals surface area contributed by atoms with Crippen LogP contribution in [0.2, 0.25) is 0 Å². The molecular formula is C20H27N5O. The smallest absolute Gasteiger partial charge is 0.252 e. The van der Waals surface area contributed by atoms with Crippen LogP contribution < -0.4 is 5.32 Å². The molecule has 1 amide bonds. The zero-order valence-electron chi connectivity index (χ0n) is 15.2. The quantitative estimate of drug-likeness (QED) is 0.897. The first-order valence-corrected chi connectivity index (χ1v) is 9.72. The molecule has 0 bridgehead atoms. The van der Waals surface area contributed by atoms with Gasteiger partial charge in [0.2, 0.25) is 0 Å². The molecule has 0 radical (unpaired) electrons. The number of rotatable bonds is 5. The molecule has 2 aliphatic rings. The minimum absolute atomic E-state index is 0.0425. The predicted molar refractivity (Wildman–Crippen MR) is 99.6 cm³/mol. The molecule has 1 saturated carbocycles. The molecule has 3 heterocycles. The normalized spacial score (nSPS) is 21.3. The van der Waals surface area contributed by atoms with Crippen LogP contribution in [0.15, 0.2) is 36.8 Å². The van der Waals surface area contributed by atoms with E-state index in [1.807, 2.05) is 6.20 Å². The third-order valence-electron chi connectivity index (χ3n) is 5.70. The van der Waals surface area contributed by atoms with Crippen molar-refractivity contribution in [1.82, 2.24) is 25.0 Å². The molecule has 2 aromatic heterocycles. The van der Waals surface area contributed by atoms with Gasteiger partial charge in [0.15, 0.2) is 0 Å². The fraction of sp³-hybridized carbons (Fsp3) is 0.550. The molecule has 1 atom stereocenters. The van der Waals surface area contributed by atoms with E-state index in [9.17, 15) is 4.79 Å². The van der Waals surface area contributed by atoms with Crippen LogP contribution in [-0.2, 0) is 13.1 Å². The highest BCUT2D eigenvalue weighted by Gasteiger charge is 2.28.